The van der Waals surface area contributed by atoms with E-state index in [1.54, 1.807) is 0 Å². The minimum atomic E-state index is -5.00. The van der Waals surface area contributed by atoms with Gasteiger partial charge in [-0.2, -0.15) is 26.3 Å². The first kappa shape index (κ1) is 13.8. The van der Waals surface area contributed by atoms with Crippen LogP contribution in [-0.4, -0.2) is 16.3 Å². The van der Waals surface area contributed by atoms with Crippen LogP contribution in [0.1, 0.15) is 5.69 Å². The zero-order valence-electron chi connectivity index (χ0n) is 7.77. The van der Waals surface area contributed by atoms with Crippen molar-refractivity contribution >= 4 is 22.5 Å². The van der Waals surface area contributed by atoms with Crippen molar-refractivity contribution in [3.8, 4) is 0 Å². The highest BCUT2D eigenvalue weighted by atomic mass is 35.5. The molecule has 0 unspecified atom stereocenters. The molecule has 0 bridgehead atoms. The van der Waals surface area contributed by atoms with Gasteiger partial charge in [0.1, 0.15) is 0 Å². The van der Waals surface area contributed by atoms with Crippen LogP contribution in [0.4, 0.5) is 32.0 Å². The molecule has 1 aromatic rings. The number of aliphatic imine (C=N–C) groups is 1. The summed E-state index contributed by atoms with van der Waals surface area (Å²) in [5.41, 5.74) is -2.51. The van der Waals surface area contributed by atoms with Gasteiger partial charge in [0, 0.05) is 6.20 Å². The lowest BCUT2D eigenvalue weighted by Gasteiger charge is -2.09. The van der Waals surface area contributed by atoms with Crippen molar-refractivity contribution < 1.29 is 26.3 Å². The topological polar surface area (TPSA) is 25.2 Å². The van der Waals surface area contributed by atoms with E-state index in [1.165, 1.54) is 0 Å². The molecule has 0 saturated heterocycles. The maximum Gasteiger partial charge on any atom is 0.444 e. The van der Waals surface area contributed by atoms with Crippen LogP contribution < -0.4 is 0 Å². The van der Waals surface area contributed by atoms with Gasteiger partial charge in [0.25, 0.3) is 0 Å². The summed E-state index contributed by atoms with van der Waals surface area (Å²) < 4.78 is 73.0. The van der Waals surface area contributed by atoms with Gasteiger partial charge in [0.15, 0.2) is 5.69 Å². The standard InChI is InChI=1S/C8H3ClF6N2/c9-6(8(13,14)15)17-4-2-1-3-16-5(4)7(10,11)12/h1-3H. The number of aromatic nitrogens is 1. The molecule has 0 fully saturated rings. The fourth-order valence-electron chi connectivity index (χ4n) is 0.875. The first-order chi connectivity index (χ1) is 7.62. The van der Waals surface area contributed by atoms with Gasteiger partial charge in [-0.25, -0.2) is 9.98 Å². The predicted molar refractivity (Wildman–Crippen MR) is 48.2 cm³/mol. The van der Waals surface area contributed by atoms with E-state index in [9.17, 15) is 26.3 Å². The monoisotopic (exact) mass is 276 g/mol. The SMILES string of the molecule is FC(F)(F)C(Cl)=Nc1cccnc1C(F)(F)F. The smallest absolute Gasteiger partial charge is 0.250 e. The van der Waals surface area contributed by atoms with E-state index in [-0.39, 0.29) is 0 Å². The third-order valence-electron chi connectivity index (χ3n) is 1.51. The van der Waals surface area contributed by atoms with Crippen molar-refractivity contribution in [3.63, 3.8) is 0 Å². The van der Waals surface area contributed by atoms with Gasteiger partial charge in [0.05, 0.1) is 5.69 Å². The lowest BCUT2D eigenvalue weighted by atomic mass is 10.3. The minimum absolute atomic E-state index is 0.740. The van der Waals surface area contributed by atoms with Crippen molar-refractivity contribution in [2.75, 3.05) is 0 Å². The Morgan fingerprint density at radius 1 is 1.18 bits per heavy atom. The number of alkyl halides is 6. The fraction of sp³-hybridized carbons (Fsp3) is 0.250. The largest absolute Gasteiger partial charge is 0.444 e. The third kappa shape index (κ3) is 3.58. The Balaban J connectivity index is 3.25. The Bertz CT molecular complexity index is 436. The summed E-state index contributed by atoms with van der Waals surface area (Å²) in [4.78, 5) is 5.60. The highest BCUT2D eigenvalue weighted by molar-refractivity contribution is 6.67. The van der Waals surface area contributed by atoms with Crippen LogP contribution >= 0.6 is 11.6 Å². The molecular formula is C8H3ClF6N2. The van der Waals surface area contributed by atoms with Gasteiger partial charge >= 0.3 is 12.4 Å². The van der Waals surface area contributed by atoms with Gasteiger partial charge in [-0.3, -0.25) is 0 Å². The maximum absolute atomic E-state index is 12.3. The molecule has 0 aromatic carbocycles. The molecule has 0 saturated carbocycles. The lowest BCUT2D eigenvalue weighted by Crippen LogP contribution is -2.17. The Kier molecular flexibility index (Phi) is 3.65. The molecule has 1 aromatic heterocycles. The molecule has 94 valence electrons. The Morgan fingerprint density at radius 3 is 2.24 bits per heavy atom. The van der Waals surface area contributed by atoms with Crippen molar-refractivity contribution in [1.82, 2.24) is 4.98 Å². The number of pyridine rings is 1. The average molecular weight is 277 g/mol. The zero-order valence-corrected chi connectivity index (χ0v) is 8.53. The molecule has 0 aliphatic carbocycles. The van der Waals surface area contributed by atoms with Crippen LogP contribution in [0.25, 0.3) is 0 Å². The summed E-state index contributed by atoms with van der Waals surface area (Å²) in [6.07, 6.45) is -9.10. The van der Waals surface area contributed by atoms with Gasteiger partial charge in [0.2, 0.25) is 5.17 Å². The van der Waals surface area contributed by atoms with E-state index in [0.717, 1.165) is 18.3 Å². The van der Waals surface area contributed by atoms with Crippen molar-refractivity contribution in [2.45, 2.75) is 12.4 Å². The Morgan fingerprint density at radius 2 is 1.76 bits per heavy atom. The number of nitrogens with zero attached hydrogens (tertiary/aromatic N) is 2. The minimum Gasteiger partial charge on any atom is -0.250 e. The van der Waals surface area contributed by atoms with Gasteiger partial charge in [-0.05, 0) is 12.1 Å². The Hall–Kier alpha value is -1.31. The number of hydrogen-bond acceptors (Lipinski definition) is 2. The number of halogens is 7. The second-order valence-corrected chi connectivity index (χ2v) is 3.13. The molecule has 0 N–H and O–H groups in total. The first-order valence-electron chi connectivity index (χ1n) is 3.96. The fourth-order valence-corrected chi connectivity index (χ4v) is 0.966. The highest BCUT2D eigenvalue weighted by Crippen LogP contribution is 2.35. The van der Waals surface area contributed by atoms with E-state index < -0.39 is 28.9 Å². The van der Waals surface area contributed by atoms with Crippen LogP contribution in [0.2, 0.25) is 0 Å². The maximum atomic E-state index is 12.3. The van der Waals surface area contributed by atoms with Gasteiger partial charge in [-0.1, -0.05) is 11.6 Å². The quantitative estimate of drug-likeness (QED) is 0.563. The van der Waals surface area contributed by atoms with Crippen molar-refractivity contribution in [1.29, 1.82) is 0 Å². The predicted octanol–water partition coefficient (Wildman–Crippen LogP) is 3.93. The molecular weight excluding hydrogens is 274 g/mol. The van der Waals surface area contributed by atoms with Crippen molar-refractivity contribution in [3.05, 3.63) is 24.0 Å². The zero-order chi connectivity index (χ0) is 13.3. The first-order valence-corrected chi connectivity index (χ1v) is 4.34. The molecule has 0 spiro atoms. The molecule has 17 heavy (non-hydrogen) atoms. The third-order valence-corrected chi connectivity index (χ3v) is 1.81. The average Bonchev–Trinajstić information content (AvgIpc) is 2.15. The number of hydrogen-bond donors (Lipinski definition) is 0. The summed E-state index contributed by atoms with van der Waals surface area (Å²) in [6, 6.07) is 1.76. The van der Waals surface area contributed by atoms with E-state index >= 15 is 0 Å². The van der Waals surface area contributed by atoms with Gasteiger partial charge in [-0.15, -0.1) is 0 Å². The lowest BCUT2D eigenvalue weighted by molar-refractivity contribution is -0.140. The summed E-state index contributed by atoms with van der Waals surface area (Å²) >= 11 is 4.74. The van der Waals surface area contributed by atoms with Crippen LogP contribution in [0.3, 0.4) is 0 Å². The molecule has 9 heteroatoms. The molecule has 1 heterocycles. The van der Waals surface area contributed by atoms with Gasteiger partial charge < -0.3 is 0 Å². The summed E-state index contributed by atoms with van der Waals surface area (Å²) in [7, 11) is 0. The van der Waals surface area contributed by atoms with Crippen LogP contribution in [0.5, 0.6) is 0 Å². The normalized spacial score (nSPS) is 13.9. The summed E-state index contributed by atoms with van der Waals surface area (Å²) in [6.45, 7) is 0. The Labute approximate surface area is 95.9 Å². The van der Waals surface area contributed by atoms with Crippen LogP contribution in [0.15, 0.2) is 23.3 Å². The van der Waals surface area contributed by atoms with E-state index in [4.69, 9.17) is 11.6 Å². The van der Waals surface area contributed by atoms with Crippen molar-refractivity contribution in [2.24, 2.45) is 4.99 Å². The molecule has 0 atom stereocenters. The molecule has 0 aliphatic rings. The second kappa shape index (κ2) is 4.52. The molecule has 2 nitrogen and oxygen atoms in total. The molecule has 0 aliphatic heterocycles. The molecule has 0 amide bonds. The number of rotatable bonds is 1. The van der Waals surface area contributed by atoms with E-state index in [2.05, 4.69) is 9.98 Å². The van der Waals surface area contributed by atoms with E-state index in [0.29, 0.717) is 0 Å². The highest BCUT2D eigenvalue weighted by Gasteiger charge is 2.38. The van der Waals surface area contributed by atoms with Crippen LogP contribution in [-0.2, 0) is 6.18 Å². The van der Waals surface area contributed by atoms with Crippen LogP contribution in [0, 0.1) is 0 Å². The summed E-state index contributed by atoms with van der Waals surface area (Å²) in [5, 5.41) is -1.89. The second-order valence-electron chi connectivity index (χ2n) is 2.77. The molecule has 0 radical (unpaired) electrons. The summed E-state index contributed by atoms with van der Waals surface area (Å²) in [5.74, 6) is 0. The van der Waals surface area contributed by atoms with E-state index in [1.807, 2.05) is 0 Å². The molecule has 1 rings (SSSR count).